The lowest BCUT2D eigenvalue weighted by atomic mass is 10.3. The van der Waals surface area contributed by atoms with E-state index in [4.69, 9.17) is 0 Å². The molecule has 0 spiro atoms. The number of rotatable bonds is 5. The topological polar surface area (TPSA) is 34.1 Å². The molecule has 0 heterocycles. The van der Waals surface area contributed by atoms with Crippen molar-refractivity contribution >= 4 is 41.7 Å². The third kappa shape index (κ3) is 4.03. The number of alkyl halides is 2. The quantitative estimate of drug-likeness (QED) is 0.591. The molecule has 88 valence electrons. The minimum Gasteiger partial charge on any atom is -0.223 e. The van der Waals surface area contributed by atoms with Crippen molar-refractivity contribution < 1.29 is 8.42 Å². The summed E-state index contributed by atoms with van der Waals surface area (Å²) in [6.45, 7) is 0. The maximum absolute atomic E-state index is 11.9. The molecule has 0 saturated carbocycles. The van der Waals surface area contributed by atoms with E-state index in [9.17, 15) is 8.42 Å². The molecule has 0 aromatic heterocycles. The molecule has 1 aromatic carbocycles. The first-order valence-corrected chi connectivity index (χ1v) is 8.57. The lowest BCUT2D eigenvalue weighted by Gasteiger charge is -2.02. The van der Waals surface area contributed by atoms with Crippen LogP contribution in [0.5, 0.6) is 0 Å². The second kappa shape index (κ2) is 6.57. The summed E-state index contributed by atoms with van der Waals surface area (Å²) >= 11 is 6.61. The predicted octanol–water partition coefficient (Wildman–Crippen LogP) is 3.18. The molecule has 0 radical (unpaired) electrons. The fraction of sp³-hybridized carbons (Fsp3) is 0.273. The van der Waals surface area contributed by atoms with Crippen LogP contribution < -0.4 is 0 Å². The Bertz CT molecular complexity index is 446. The second-order valence-electron chi connectivity index (χ2n) is 3.22. The normalized spacial score (nSPS) is 11.1. The van der Waals surface area contributed by atoms with Crippen LogP contribution in [0.15, 0.2) is 46.9 Å². The first-order chi connectivity index (χ1) is 7.60. The van der Waals surface area contributed by atoms with Crippen LogP contribution in [0.25, 0.3) is 0 Å². The molecule has 0 N–H and O–H groups in total. The monoisotopic (exact) mass is 366 g/mol. The fourth-order valence-electron chi connectivity index (χ4n) is 1.10. The van der Waals surface area contributed by atoms with Crippen molar-refractivity contribution in [1.82, 2.24) is 0 Å². The van der Waals surface area contributed by atoms with Crippen LogP contribution in [-0.4, -0.2) is 24.8 Å². The van der Waals surface area contributed by atoms with Crippen LogP contribution in [0, 0.1) is 0 Å². The van der Waals surface area contributed by atoms with Crippen LogP contribution in [0.4, 0.5) is 0 Å². The molecule has 5 heteroatoms. The fourth-order valence-corrected chi connectivity index (χ4v) is 3.70. The van der Waals surface area contributed by atoms with E-state index in [-0.39, 0.29) is 5.75 Å². The van der Waals surface area contributed by atoms with E-state index in [1.54, 1.807) is 36.4 Å². The lowest BCUT2D eigenvalue weighted by Crippen LogP contribution is -2.05. The summed E-state index contributed by atoms with van der Waals surface area (Å²) in [7, 11) is -3.19. The molecule has 0 aliphatic heterocycles. The number of halogens is 2. The van der Waals surface area contributed by atoms with Crippen molar-refractivity contribution in [3.8, 4) is 0 Å². The highest BCUT2D eigenvalue weighted by molar-refractivity contribution is 9.10. The van der Waals surface area contributed by atoms with Crippen LogP contribution in [0.3, 0.4) is 0 Å². The molecule has 0 amide bonds. The van der Waals surface area contributed by atoms with E-state index in [0.29, 0.717) is 15.6 Å². The van der Waals surface area contributed by atoms with E-state index >= 15 is 0 Å². The molecule has 1 aromatic rings. The Morgan fingerprint density at radius 1 is 1.12 bits per heavy atom. The van der Waals surface area contributed by atoms with Crippen molar-refractivity contribution in [1.29, 1.82) is 0 Å². The standard InChI is InChI=1S/C11H12Br2O2S/c12-8-10(9-13)6-7-16(14,15)11-4-2-1-3-5-11/h1-6H,7-9H2. The van der Waals surface area contributed by atoms with Gasteiger partial charge in [-0.15, -0.1) is 0 Å². The van der Waals surface area contributed by atoms with Gasteiger partial charge in [-0.3, -0.25) is 0 Å². The molecular formula is C11H12Br2O2S. The molecule has 16 heavy (non-hydrogen) atoms. The second-order valence-corrected chi connectivity index (χ2v) is 6.38. The maximum atomic E-state index is 11.9. The molecule has 0 aliphatic rings. The van der Waals surface area contributed by atoms with Gasteiger partial charge in [-0.1, -0.05) is 61.7 Å². The van der Waals surface area contributed by atoms with Crippen LogP contribution in [0.1, 0.15) is 0 Å². The summed E-state index contributed by atoms with van der Waals surface area (Å²) in [6, 6.07) is 8.49. The van der Waals surface area contributed by atoms with Gasteiger partial charge in [0.1, 0.15) is 0 Å². The van der Waals surface area contributed by atoms with E-state index in [1.807, 2.05) is 0 Å². The lowest BCUT2D eigenvalue weighted by molar-refractivity contribution is 0.599. The highest BCUT2D eigenvalue weighted by Crippen LogP contribution is 2.12. The Hall–Kier alpha value is -0.130. The van der Waals surface area contributed by atoms with Gasteiger partial charge in [0, 0.05) is 10.7 Å². The Morgan fingerprint density at radius 3 is 2.19 bits per heavy atom. The zero-order chi connectivity index (χ0) is 12.0. The zero-order valence-electron chi connectivity index (χ0n) is 8.57. The average molecular weight is 368 g/mol. The van der Waals surface area contributed by atoms with Crippen LogP contribution in [-0.2, 0) is 9.84 Å². The number of hydrogen-bond acceptors (Lipinski definition) is 2. The smallest absolute Gasteiger partial charge is 0.181 e. The van der Waals surface area contributed by atoms with Gasteiger partial charge in [0.05, 0.1) is 10.6 Å². The van der Waals surface area contributed by atoms with Gasteiger partial charge in [-0.25, -0.2) is 8.42 Å². The van der Waals surface area contributed by atoms with Crippen molar-refractivity contribution in [2.75, 3.05) is 16.4 Å². The Labute approximate surface area is 113 Å². The summed E-state index contributed by atoms with van der Waals surface area (Å²) < 4.78 is 23.8. The van der Waals surface area contributed by atoms with Crippen LogP contribution in [0.2, 0.25) is 0 Å². The SMILES string of the molecule is O=S(=O)(CC=C(CBr)CBr)c1ccccc1. The molecule has 0 saturated heterocycles. The van der Waals surface area contributed by atoms with E-state index in [0.717, 1.165) is 5.57 Å². The largest absolute Gasteiger partial charge is 0.223 e. The zero-order valence-corrected chi connectivity index (χ0v) is 12.6. The number of hydrogen-bond donors (Lipinski definition) is 0. The van der Waals surface area contributed by atoms with Gasteiger partial charge in [-0.05, 0) is 12.1 Å². The van der Waals surface area contributed by atoms with Crippen molar-refractivity contribution in [2.24, 2.45) is 0 Å². The minimum atomic E-state index is -3.19. The molecule has 0 unspecified atom stereocenters. The van der Waals surface area contributed by atoms with Crippen molar-refractivity contribution in [2.45, 2.75) is 4.90 Å². The van der Waals surface area contributed by atoms with Gasteiger partial charge in [0.2, 0.25) is 0 Å². The van der Waals surface area contributed by atoms with E-state index < -0.39 is 9.84 Å². The number of benzene rings is 1. The van der Waals surface area contributed by atoms with Gasteiger partial charge in [0.25, 0.3) is 0 Å². The average Bonchev–Trinajstić information content (AvgIpc) is 2.31. The first kappa shape index (κ1) is 13.9. The van der Waals surface area contributed by atoms with E-state index in [1.165, 1.54) is 0 Å². The Balaban J connectivity index is 2.85. The van der Waals surface area contributed by atoms with Crippen molar-refractivity contribution in [3.05, 3.63) is 42.0 Å². The third-order valence-corrected chi connectivity index (χ3v) is 5.07. The highest BCUT2D eigenvalue weighted by Gasteiger charge is 2.11. The minimum absolute atomic E-state index is 0.0452. The Kier molecular flexibility index (Phi) is 5.72. The van der Waals surface area contributed by atoms with Gasteiger partial charge in [-0.2, -0.15) is 0 Å². The number of sulfone groups is 1. The summed E-state index contributed by atoms with van der Waals surface area (Å²) in [5, 5.41) is 1.37. The van der Waals surface area contributed by atoms with E-state index in [2.05, 4.69) is 31.9 Å². The molecule has 0 atom stereocenters. The maximum Gasteiger partial charge on any atom is 0.181 e. The summed E-state index contributed by atoms with van der Waals surface area (Å²) in [6.07, 6.45) is 1.74. The van der Waals surface area contributed by atoms with Crippen LogP contribution >= 0.6 is 31.9 Å². The molecule has 0 aliphatic carbocycles. The summed E-state index contributed by atoms with van der Waals surface area (Å²) in [5.41, 5.74) is 1.03. The summed E-state index contributed by atoms with van der Waals surface area (Å²) in [4.78, 5) is 0.370. The van der Waals surface area contributed by atoms with Gasteiger partial charge >= 0.3 is 0 Å². The first-order valence-electron chi connectivity index (χ1n) is 4.68. The van der Waals surface area contributed by atoms with Crippen molar-refractivity contribution in [3.63, 3.8) is 0 Å². The molecule has 2 nitrogen and oxygen atoms in total. The molecule has 1 rings (SSSR count). The molecular weight excluding hydrogens is 356 g/mol. The summed E-state index contributed by atoms with van der Waals surface area (Å²) in [5.74, 6) is 0.0452. The van der Waals surface area contributed by atoms with Gasteiger partial charge in [0.15, 0.2) is 9.84 Å². The molecule has 0 bridgehead atoms. The third-order valence-electron chi connectivity index (χ3n) is 2.04. The van der Waals surface area contributed by atoms with Gasteiger partial charge < -0.3 is 0 Å². The highest BCUT2D eigenvalue weighted by atomic mass is 79.9. The number of allylic oxidation sites excluding steroid dienone is 1. The Morgan fingerprint density at radius 2 is 1.69 bits per heavy atom. The predicted molar refractivity (Wildman–Crippen MR) is 74.2 cm³/mol. The molecule has 0 fully saturated rings.